The van der Waals surface area contributed by atoms with Crippen molar-refractivity contribution in [3.05, 3.63) is 23.8 Å². The summed E-state index contributed by atoms with van der Waals surface area (Å²) in [6.07, 6.45) is 1.70. The molecule has 0 unspecified atom stereocenters. The summed E-state index contributed by atoms with van der Waals surface area (Å²) in [5.74, 6) is 0. The first kappa shape index (κ1) is 18.0. The Morgan fingerprint density at radius 3 is 2.22 bits per heavy atom. The summed E-state index contributed by atoms with van der Waals surface area (Å²) in [6, 6.07) is 6.06. The van der Waals surface area contributed by atoms with Crippen LogP contribution in [0, 0.1) is 0 Å². The fourth-order valence-electron chi connectivity index (χ4n) is 2.65. The first-order valence-electron chi connectivity index (χ1n) is 8.24. The second-order valence-electron chi connectivity index (χ2n) is 7.89. The molecular weight excluding hydrogens is 289 g/mol. The van der Waals surface area contributed by atoms with E-state index in [4.69, 9.17) is 9.31 Å². The Hall–Kier alpha value is -1.33. The quantitative estimate of drug-likeness (QED) is 0.670. The van der Waals surface area contributed by atoms with Crippen LogP contribution in [0.25, 0.3) is 0 Å². The molecule has 1 amide bonds. The smallest absolute Gasteiger partial charge is 0.399 e. The third kappa shape index (κ3) is 3.31. The fraction of sp³-hybridized carbons (Fsp3) is 0.611. The van der Waals surface area contributed by atoms with Crippen molar-refractivity contribution in [3.8, 4) is 0 Å². The van der Waals surface area contributed by atoms with Gasteiger partial charge in [0.2, 0.25) is 6.41 Å². The lowest BCUT2D eigenvalue weighted by atomic mass is 9.75. The molecule has 126 valence electrons. The molecule has 2 rings (SSSR count). The Balaban J connectivity index is 2.40. The van der Waals surface area contributed by atoms with Crippen LogP contribution in [0.3, 0.4) is 0 Å². The van der Waals surface area contributed by atoms with Gasteiger partial charge in [0.05, 0.1) is 11.2 Å². The maximum Gasteiger partial charge on any atom is 0.494 e. The van der Waals surface area contributed by atoms with Crippen LogP contribution >= 0.6 is 0 Å². The monoisotopic (exact) mass is 317 g/mol. The zero-order valence-corrected chi connectivity index (χ0v) is 15.3. The van der Waals surface area contributed by atoms with Crippen molar-refractivity contribution < 1.29 is 14.1 Å². The number of hydrogen-bond acceptors (Lipinski definition) is 3. The van der Waals surface area contributed by atoms with E-state index in [9.17, 15) is 4.79 Å². The number of amides is 1. The number of anilines is 1. The van der Waals surface area contributed by atoms with Gasteiger partial charge in [-0.25, -0.2) is 0 Å². The lowest BCUT2D eigenvalue weighted by Crippen LogP contribution is -2.41. The van der Waals surface area contributed by atoms with E-state index in [0.29, 0.717) is 0 Å². The molecule has 0 radical (unpaired) electrons. The normalized spacial score (nSPS) is 19.7. The van der Waals surface area contributed by atoms with E-state index >= 15 is 0 Å². The zero-order valence-electron chi connectivity index (χ0n) is 15.3. The third-order valence-electron chi connectivity index (χ3n) is 5.40. The first-order chi connectivity index (χ1) is 10.5. The van der Waals surface area contributed by atoms with Crippen molar-refractivity contribution in [1.82, 2.24) is 0 Å². The van der Waals surface area contributed by atoms with Crippen LogP contribution in [0.1, 0.15) is 60.5 Å². The average molecular weight is 317 g/mol. The molecule has 0 saturated carbocycles. The largest absolute Gasteiger partial charge is 0.494 e. The van der Waals surface area contributed by atoms with Crippen LogP contribution in [-0.4, -0.2) is 24.7 Å². The highest BCUT2D eigenvalue weighted by Gasteiger charge is 2.51. The Morgan fingerprint density at radius 1 is 1.17 bits per heavy atom. The highest BCUT2D eigenvalue weighted by atomic mass is 16.7. The average Bonchev–Trinajstić information content (AvgIpc) is 2.67. The van der Waals surface area contributed by atoms with Crippen molar-refractivity contribution in [3.63, 3.8) is 0 Å². The molecule has 23 heavy (non-hydrogen) atoms. The highest BCUT2D eigenvalue weighted by Crippen LogP contribution is 2.37. The molecular formula is C18H28BNO3. The fourth-order valence-corrected chi connectivity index (χ4v) is 2.65. The van der Waals surface area contributed by atoms with Crippen LogP contribution in [0.4, 0.5) is 5.69 Å². The molecule has 1 saturated heterocycles. The predicted molar refractivity (Wildman–Crippen MR) is 95.2 cm³/mol. The minimum absolute atomic E-state index is 0.0141. The molecule has 0 aromatic heterocycles. The van der Waals surface area contributed by atoms with Crippen LogP contribution in [-0.2, 0) is 19.5 Å². The highest BCUT2D eigenvalue weighted by molar-refractivity contribution is 6.62. The Labute approximate surface area is 140 Å². The summed E-state index contributed by atoms with van der Waals surface area (Å²) in [5.41, 5.74) is 2.09. The van der Waals surface area contributed by atoms with E-state index in [-0.39, 0.29) is 16.6 Å². The summed E-state index contributed by atoms with van der Waals surface area (Å²) >= 11 is 0. The van der Waals surface area contributed by atoms with E-state index < -0.39 is 7.12 Å². The molecule has 1 aliphatic heterocycles. The van der Waals surface area contributed by atoms with Gasteiger partial charge in [-0.1, -0.05) is 32.9 Å². The second-order valence-corrected chi connectivity index (χ2v) is 7.89. The second kappa shape index (κ2) is 5.95. The lowest BCUT2D eigenvalue weighted by molar-refractivity contribution is -0.105. The summed E-state index contributed by atoms with van der Waals surface area (Å²) in [4.78, 5) is 11.0. The standard InChI is InChI=1S/C18H28BNO3/c1-8-16(2,3)14-10-9-13(11-15(14)20-12-21)19-22-17(4,5)18(6,7)23-19/h9-12H,8H2,1-7H3,(H,20,21). The van der Waals surface area contributed by atoms with E-state index in [1.807, 2.05) is 39.8 Å². The molecule has 1 aliphatic rings. The molecule has 5 heteroatoms. The Kier molecular flexibility index (Phi) is 4.66. The van der Waals surface area contributed by atoms with Gasteiger partial charge in [-0.05, 0) is 56.6 Å². The number of carbonyl (C=O) groups excluding carboxylic acids is 1. The maximum absolute atomic E-state index is 11.0. The first-order valence-corrected chi connectivity index (χ1v) is 8.24. The number of hydrogen-bond donors (Lipinski definition) is 1. The van der Waals surface area contributed by atoms with Crippen LogP contribution in [0.15, 0.2) is 18.2 Å². The van der Waals surface area contributed by atoms with Crippen LogP contribution in [0.2, 0.25) is 0 Å². The van der Waals surface area contributed by atoms with Crippen molar-refractivity contribution >= 4 is 24.7 Å². The summed E-state index contributed by atoms with van der Waals surface area (Å²) < 4.78 is 12.2. The molecule has 0 spiro atoms. The predicted octanol–water partition coefficient (Wildman–Crippen LogP) is 3.24. The van der Waals surface area contributed by atoms with E-state index in [2.05, 4.69) is 32.2 Å². The topological polar surface area (TPSA) is 47.6 Å². The lowest BCUT2D eigenvalue weighted by Gasteiger charge is -2.32. The summed E-state index contributed by atoms with van der Waals surface area (Å²) in [6.45, 7) is 14.6. The number of carbonyl (C=O) groups is 1. The molecule has 0 atom stereocenters. The SMILES string of the molecule is CCC(C)(C)c1ccc(B2OC(C)(C)C(C)(C)O2)cc1NC=O. The van der Waals surface area contributed by atoms with Crippen LogP contribution < -0.4 is 10.8 Å². The van der Waals surface area contributed by atoms with Gasteiger partial charge >= 0.3 is 7.12 Å². The van der Waals surface area contributed by atoms with Gasteiger partial charge in [-0.2, -0.15) is 0 Å². The zero-order chi connectivity index (χ0) is 17.5. The molecule has 1 heterocycles. The van der Waals surface area contributed by atoms with Gasteiger partial charge in [0, 0.05) is 5.69 Å². The van der Waals surface area contributed by atoms with Crippen molar-refractivity contribution in [2.75, 3.05) is 5.32 Å². The number of nitrogens with one attached hydrogen (secondary N) is 1. The summed E-state index contributed by atoms with van der Waals surface area (Å²) in [5, 5.41) is 2.83. The molecule has 0 bridgehead atoms. The van der Waals surface area contributed by atoms with Gasteiger partial charge < -0.3 is 14.6 Å². The third-order valence-corrected chi connectivity index (χ3v) is 5.40. The summed E-state index contributed by atoms with van der Waals surface area (Å²) in [7, 11) is -0.425. The molecule has 0 aliphatic carbocycles. The minimum atomic E-state index is -0.425. The Morgan fingerprint density at radius 2 is 1.74 bits per heavy atom. The number of benzene rings is 1. The van der Waals surface area contributed by atoms with E-state index in [1.54, 1.807) is 0 Å². The molecule has 1 aromatic rings. The van der Waals surface area contributed by atoms with Crippen molar-refractivity contribution in [2.24, 2.45) is 0 Å². The van der Waals surface area contributed by atoms with Crippen molar-refractivity contribution in [1.29, 1.82) is 0 Å². The van der Waals surface area contributed by atoms with Crippen LogP contribution in [0.5, 0.6) is 0 Å². The van der Waals surface area contributed by atoms with Gasteiger partial charge in [-0.15, -0.1) is 0 Å². The van der Waals surface area contributed by atoms with E-state index in [1.165, 1.54) is 0 Å². The van der Waals surface area contributed by atoms with Gasteiger partial charge in [0.1, 0.15) is 0 Å². The molecule has 4 nitrogen and oxygen atoms in total. The van der Waals surface area contributed by atoms with Gasteiger partial charge in [0.15, 0.2) is 0 Å². The molecule has 1 fully saturated rings. The molecule has 1 N–H and O–H groups in total. The molecule has 1 aromatic carbocycles. The number of rotatable bonds is 5. The van der Waals surface area contributed by atoms with E-state index in [0.717, 1.165) is 29.5 Å². The van der Waals surface area contributed by atoms with Gasteiger partial charge in [-0.3, -0.25) is 4.79 Å². The maximum atomic E-state index is 11.0. The Bertz CT molecular complexity index is 580. The van der Waals surface area contributed by atoms with Crippen molar-refractivity contribution in [2.45, 2.75) is 71.5 Å². The minimum Gasteiger partial charge on any atom is -0.399 e. The van der Waals surface area contributed by atoms with Gasteiger partial charge in [0.25, 0.3) is 0 Å².